The van der Waals surface area contributed by atoms with Gasteiger partial charge in [0, 0.05) is 25.8 Å². The van der Waals surface area contributed by atoms with Gasteiger partial charge in [0.1, 0.15) is 5.82 Å². The van der Waals surface area contributed by atoms with Crippen LogP contribution in [0.25, 0.3) is 10.2 Å². The Morgan fingerprint density at radius 3 is 2.82 bits per heavy atom. The summed E-state index contributed by atoms with van der Waals surface area (Å²) in [6.45, 7) is 2.34. The van der Waals surface area contributed by atoms with E-state index in [1.54, 1.807) is 23.7 Å². The van der Waals surface area contributed by atoms with Gasteiger partial charge >= 0.3 is 4.87 Å². The minimum absolute atomic E-state index is 0.00596. The summed E-state index contributed by atoms with van der Waals surface area (Å²) < 4.78 is 15.6. The number of fused-ring (bicyclic) bond motifs is 1. The SMILES string of the molecule is Cn1c(=O)sc2cc(NC(=O)[C@@H]3CCCN(Cc4ccc(F)cc4)C3)ccc21. The smallest absolute Gasteiger partial charge is 0.307 e. The van der Waals surface area contributed by atoms with Crippen LogP contribution in [0.4, 0.5) is 10.1 Å². The summed E-state index contributed by atoms with van der Waals surface area (Å²) >= 11 is 1.18. The molecule has 7 heteroatoms. The largest absolute Gasteiger partial charge is 0.326 e. The Balaban J connectivity index is 1.41. The van der Waals surface area contributed by atoms with Gasteiger partial charge in [0.15, 0.2) is 0 Å². The number of rotatable bonds is 4. The van der Waals surface area contributed by atoms with Gasteiger partial charge in [0.2, 0.25) is 5.91 Å². The molecule has 0 spiro atoms. The quantitative estimate of drug-likeness (QED) is 0.730. The summed E-state index contributed by atoms with van der Waals surface area (Å²) in [7, 11) is 1.75. The van der Waals surface area contributed by atoms with Gasteiger partial charge in [-0.3, -0.25) is 14.5 Å². The van der Waals surface area contributed by atoms with Crippen LogP contribution in [0.1, 0.15) is 18.4 Å². The first-order valence-corrected chi connectivity index (χ1v) is 10.2. The van der Waals surface area contributed by atoms with Crippen molar-refractivity contribution in [3.8, 4) is 0 Å². The van der Waals surface area contributed by atoms with Crippen LogP contribution in [0.15, 0.2) is 47.3 Å². The fourth-order valence-electron chi connectivity index (χ4n) is 3.72. The van der Waals surface area contributed by atoms with Gasteiger partial charge in [-0.1, -0.05) is 23.5 Å². The van der Waals surface area contributed by atoms with Crippen molar-refractivity contribution in [3.63, 3.8) is 0 Å². The number of aryl methyl sites for hydroxylation is 1. The molecule has 1 amide bonds. The molecule has 1 aromatic heterocycles. The maximum atomic E-state index is 13.1. The second-order valence-corrected chi connectivity index (χ2v) is 8.29. The van der Waals surface area contributed by atoms with E-state index in [1.807, 2.05) is 18.2 Å². The average Bonchev–Trinajstić information content (AvgIpc) is 2.97. The standard InChI is InChI=1S/C21H22FN3O2S/c1-24-18-9-8-17(11-19(18)28-21(24)27)23-20(26)15-3-2-10-25(13-15)12-14-4-6-16(22)7-5-14/h4-9,11,15H,2-3,10,12-13H2,1H3,(H,23,26)/t15-/m1/s1. The minimum atomic E-state index is -0.236. The van der Waals surface area contributed by atoms with E-state index in [4.69, 9.17) is 0 Å². The molecule has 0 aliphatic carbocycles. The molecule has 0 radical (unpaired) electrons. The highest BCUT2D eigenvalue weighted by molar-refractivity contribution is 7.16. The number of carbonyl (C=O) groups is 1. The Kier molecular flexibility index (Phi) is 5.28. The monoisotopic (exact) mass is 399 g/mol. The third-order valence-electron chi connectivity index (χ3n) is 5.26. The van der Waals surface area contributed by atoms with Gasteiger partial charge in [-0.2, -0.15) is 0 Å². The van der Waals surface area contributed by atoms with Crippen LogP contribution in [-0.4, -0.2) is 28.5 Å². The molecule has 28 heavy (non-hydrogen) atoms. The highest BCUT2D eigenvalue weighted by atomic mass is 32.1. The maximum absolute atomic E-state index is 13.1. The van der Waals surface area contributed by atoms with E-state index in [1.165, 1.54) is 23.5 Å². The first-order valence-electron chi connectivity index (χ1n) is 9.37. The Morgan fingerprint density at radius 1 is 1.25 bits per heavy atom. The fraction of sp³-hybridized carbons (Fsp3) is 0.333. The van der Waals surface area contributed by atoms with Crippen LogP contribution in [0, 0.1) is 11.7 Å². The van der Waals surface area contributed by atoms with Gasteiger partial charge in [-0.15, -0.1) is 0 Å². The zero-order valence-corrected chi connectivity index (χ0v) is 16.5. The van der Waals surface area contributed by atoms with E-state index >= 15 is 0 Å². The lowest BCUT2D eigenvalue weighted by Crippen LogP contribution is -2.40. The molecule has 1 fully saturated rings. The molecular formula is C21H22FN3O2S. The summed E-state index contributed by atoms with van der Waals surface area (Å²) in [6.07, 6.45) is 1.81. The number of hydrogen-bond donors (Lipinski definition) is 1. The second-order valence-electron chi connectivity index (χ2n) is 7.30. The Bertz CT molecular complexity index is 1060. The van der Waals surface area contributed by atoms with Gasteiger partial charge in [0.05, 0.1) is 16.1 Å². The van der Waals surface area contributed by atoms with E-state index < -0.39 is 0 Å². The molecule has 2 heterocycles. The van der Waals surface area contributed by atoms with E-state index in [2.05, 4.69) is 10.2 Å². The minimum Gasteiger partial charge on any atom is -0.326 e. The topological polar surface area (TPSA) is 54.3 Å². The van der Waals surface area contributed by atoms with Crippen molar-refractivity contribution in [2.45, 2.75) is 19.4 Å². The number of nitrogens with one attached hydrogen (secondary N) is 1. The van der Waals surface area contributed by atoms with E-state index in [9.17, 15) is 14.0 Å². The predicted molar refractivity (Wildman–Crippen MR) is 110 cm³/mol. The summed E-state index contributed by atoms with van der Waals surface area (Å²) in [4.78, 5) is 26.8. The van der Waals surface area contributed by atoms with Crippen molar-refractivity contribution in [2.75, 3.05) is 18.4 Å². The number of piperidine rings is 1. The summed E-state index contributed by atoms with van der Waals surface area (Å²) in [5, 5.41) is 3.00. The molecule has 1 aliphatic rings. The van der Waals surface area contributed by atoms with Gasteiger partial charge in [-0.05, 0) is 55.3 Å². The predicted octanol–water partition coefficient (Wildman–Crippen LogP) is 3.59. The molecule has 146 valence electrons. The van der Waals surface area contributed by atoms with Crippen molar-refractivity contribution < 1.29 is 9.18 Å². The van der Waals surface area contributed by atoms with Gasteiger partial charge in [0.25, 0.3) is 0 Å². The van der Waals surface area contributed by atoms with E-state index in [0.29, 0.717) is 13.1 Å². The van der Waals surface area contributed by atoms with Gasteiger partial charge in [-0.25, -0.2) is 4.39 Å². The van der Waals surface area contributed by atoms with E-state index in [-0.39, 0.29) is 22.5 Å². The third-order valence-corrected chi connectivity index (χ3v) is 6.25. The number of thiazole rings is 1. The molecule has 1 saturated heterocycles. The van der Waals surface area contributed by atoms with Crippen LogP contribution in [0.2, 0.25) is 0 Å². The number of likely N-dealkylation sites (tertiary alicyclic amines) is 1. The summed E-state index contributed by atoms with van der Waals surface area (Å²) in [5.41, 5.74) is 2.64. The molecule has 0 bridgehead atoms. The number of halogens is 1. The lowest BCUT2D eigenvalue weighted by molar-refractivity contribution is -0.121. The van der Waals surface area contributed by atoms with Crippen LogP contribution in [0.5, 0.6) is 0 Å². The molecule has 0 saturated carbocycles. The fourth-order valence-corrected chi connectivity index (χ4v) is 4.64. The molecule has 1 N–H and O–H groups in total. The van der Waals surface area contributed by atoms with Crippen molar-refractivity contribution in [1.29, 1.82) is 0 Å². The summed E-state index contributed by atoms with van der Waals surface area (Å²) in [5.74, 6) is -0.314. The molecular weight excluding hydrogens is 377 g/mol. The maximum Gasteiger partial charge on any atom is 0.307 e. The third kappa shape index (κ3) is 4.00. The highest BCUT2D eigenvalue weighted by Gasteiger charge is 2.26. The highest BCUT2D eigenvalue weighted by Crippen LogP contribution is 2.24. The number of carbonyl (C=O) groups excluding carboxylic acids is 1. The lowest BCUT2D eigenvalue weighted by Gasteiger charge is -2.32. The zero-order valence-electron chi connectivity index (χ0n) is 15.7. The molecule has 1 aliphatic heterocycles. The first kappa shape index (κ1) is 18.8. The zero-order chi connectivity index (χ0) is 19.7. The van der Waals surface area contributed by atoms with Crippen LogP contribution < -0.4 is 10.2 Å². The number of aromatic nitrogens is 1. The Labute approximate surface area is 166 Å². The second kappa shape index (κ2) is 7.85. The lowest BCUT2D eigenvalue weighted by atomic mass is 9.96. The molecule has 2 aromatic carbocycles. The van der Waals surface area contributed by atoms with Crippen LogP contribution >= 0.6 is 11.3 Å². The first-order chi connectivity index (χ1) is 13.5. The normalized spacial score (nSPS) is 17.7. The van der Waals surface area contributed by atoms with E-state index in [0.717, 1.165) is 40.9 Å². The van der Waals surface area contributed by atoms with Crippen molar-refractivity contribution >= 4 is 33.1 Å². The number of nitrogens with zero attached hydrogens (tertiary/aromatic N) is 2. The van der Waals surface area contributed by atoms with Gasteiger partial charge < -0.3 is 9.88 Å². The summed E-state index contributed by atoms with van der Waals surface area (Å²) in [6, 6.07) is 12.1. The van der Waals surface area contributed by atoms with Crippen LogP contribution in [-0.2, 0) is 18.4 Å². The number of hydrogen-bond acceptors (Lipinski definition) is 4. The number of benzene rings is 2. The molecule has 1 atom stereocenters. The van der Waals surface area contributed by atoms with Crippen molar-refractivity contribution in [2.24, 2.45) is 13.0 Å². The molecule has 5 nitrogen and oxygen atoms in total. The molecule has 0 unspecified atom stereocenters. The molecule has 4 rings (SSSR count). The van der Waals surface area contributed by atoms with Crippen LogP contribution in [0.3, 0.4) is 0 Å². The average molecular weight is 399 g/mol. The molecule has 3 aromatic rings. The number of anilines is 1. The van der Waals surface area contributed by atoms with Crippen molar-refractivity contribution in [1.82, 2.24) is 9.47 Å². The van der Waals surface area contributed by atoms with Crippen molar-refractivity contribution in [3.05, 3.63) is 63.5 Å². The Morgan fingerprint density at radius 2 is 2.04 bits per heavy atom. The Hall–Kier alpha value is -2.51. The number of amides is 1.